The van der Waals surface area contributed by atoms with Crippen molar-refractivity contribution in [3.8, 4) is 0 Å². The molecule has 0 bridgehead atoms. The molecule has 0 spiro atoms. The van der Waals surface area contributed by atoms with Crippen molar-refractivity contribution in [3.63, 3.8) is 0 Å². The van der Waals surface area contributed by atoms with Gasteiger partial charge < -0.3 is 5.11 Å². The molecule has 2 fully saturated rings. The van der Waals surface area contributed by atoms with Crippen LogP contribution in [0.2, 0.25) is 0 Å². The molecule has 0 aromatic heterocycles. The van der Waals surface area contributed by atoms with Gasteiger partial charge in [0.2, 0.25) is 0 Å². The molecule has 0 aliphatic heterocycles. The monoisotopic (exact) mass is 276 g/mol. The molecule has 3 heteroatoms. The lowest BCUT2D eigenvalue weighted by Crippen LogP contribution is -2.37. The third-order valence-corrected chi connectivity index (χ3v) is 5.70. The highest BCUT2D eigenvalue weighted by molar-refractivity contribution is 8.00. The molecular weight excluding hydrogens is 256 g/mol. The zero-order valence-electron chi connectivity index (χ0n) is 11.1. The van der Waals surface area contributed by atoms with Crippen LogP contribution in [-0.2, 0) is 10.2 Å². The molecule has 19 heavy (non-hydrogen) atoms. The van der Waals surface area contributed by atoms with Crippen molar-refractivity contribution in [3.05, 3.63) is 29.8 Å². The predicted molar refractivity (Wildman–Crippen MR) is 77.7 cm³/mol. The van der Waals surface area contributed by atoms with Crippen LogP contribution in [0.4, 0.5) is 0 Å². The predicted octanol–water partition coefficient (Wildman–Crippen LogP) is 4.23. The Labute approximate surface area is 118 Å². The van der Waals surface area contributed by atoms with Crippen LogP contribution in [-0.4, -0.2) is 16.3 Å². The van der Waals surface area contributed by atoms with E-state index < -0.39 is 11.4 Å². The molecule has 2 aliphatic carbocycles. The van der Waals surface area contributed by atoms with E-state index in [9.17, 15) is 9.90 Å². The molecular formula is C16H20O2S. The molecule has 2 nitrogen and oxygen atoms in total. The smallest absolute Gasteiger partial charge is 0.314 e. The maximum atomic E-state index is 11.7. The Morgan fingerprint density at radius 2 is 1.74 bits per heavy atom. The Morgan fingerprint density at radius 3 is 2.26 bits per heavy atom. The van der Waals surface area contributed by atoms with Gasteiger partial charge in [0.05, 0.1) is 5.41 Å². The summed E-state index contributed by atoms with van der Waals surface area (Å²) in [6.07, 6.45) is 7.46. The Hall–Kier alpha value is -0.960. The van der Waals surface area contributed by atoms with E-state index in [1.807, 2.05) is 23.9 Å². The van der Waals surface area contributed by atoms with Crippen LogP contribution in [0.15, 0.2) is 29.2 Å². The second kappa shape index (κ2) is 5.20. The van der Waals surface area contributed by atoms with Crippen molar-refractivity contribution >= 4 is 17.7 Å². The van der Waals surface area contributed by atoms with Gasteiger partial charge in [0.25, 0.3) is 0 Å². The standard InChI is InChI=1S/C16H20O2S/c17-15(18)16(10-2-1-3-11-16)12-4-6-13(7-5-12)19-14-8-9-14/h4-7,14H,1-3,8-11H2,(H,17,18). The van der Waals surface area contributed by atoms with E-state index in [0.717, 1.165) is 36.5 Å². The molecule has 2 saturated carbocycles. The van der Waals surface area contributed by atoms with Gasteiger partial charge in [-0.05, 0) is 43.4 Å². The number of rotatable bonds is 4. The van der Waals surface area contributed by atoms with Gasteiger partial charge in [-0.2, -0.15) is 0 Å². The van der Waals surface area contributed by atoms with Gasteiger partial charge in [0, 0.05) is 10.1 Å². The summed E-state index contributed by atoms with van der Waals surface area (Å²) in [7, 11) is 0. The largest absolute Gasteiger partial charge is 0.481 e. The third-order valence-electron chi connectivity index (χ3n) is 4.35. The molecule has 0 atom stereocenters. The van der Waals surface area contributed by atoms with Crippen LogP contribution >= 0.6 is 11.8 Å². The topological polar surface area (TPSA) is 37.3 Å². The molecule has 0 radical (unpaired) electrons. The summed E-state index contributed by atoms with van der Waals surface area (Å²) in [6.45, 7) is 0. The van der Waals surface area contributed by atoms with Gasteiger partial charge in [-0.3, -0.25) is 4.79 Å². The van der Waals surface area contributed by atoms with E-state index in [0.29, 0.717) is 0 Å². The van der Waals surface area contributed by atoms with Crippen LogP contribution in [0, 0.1) is 0 Å². The van der Waals surface area contributed by atoms with E-state index in [4.69, 9.17) is 0 Å². The summed E-state index contributed by atoms with van der Waals surface area (Å²) in [5, 5.41) is 10.5. The number of aliphatic carboxylic acids is 1. The van der Waals surface area contributed by atoms with Crippen molar-refractivity contribution in [2.24, 2.45) is 0 Å². The number of carbonyl (C=O) groups is 1. The minimum Gasteiger partial charge on any atom is -0.481 e. The number of carboxylic acid groups (broad SMARTS) is 1. The van der Waals surface area contributed by atoms with E-state index in [2.05, 4.69) is 12.1 Å². The number of hydrogen-bond acceptors (Lipinski definition) is 2. The maximum Gasteiger partial charge on any atom is 0.314 e. The Bertz CT molecular complexity index is 456. The molecule has 3 rings (SSSR count). The zero-order valence-corrected chi connectivity index (χ0v) is 11.9. The summed E-state index contributed by atoms with van der Waals surface area (Å²) in [5.74, 6) is -0.644. The molecule has 102 valence electrons. The van der Waals surface area contributed by atoms with Gasteiger partial charge in [0.1, 0.15) is 0 Å². The molecule has 0 heterocycles. The number of benzene rings is 1. The Balaban J connectivity index is 1.83. The van der Waals surface area contributed by atoms with Crippen LogP contribution < -0.4 is 0 Å². The fourth-order valence-corrected chi connectivity index (χ4v) is 4.06. The maximum absolute atomic E-state index is 11.7. The van der Waals surface area contributed by atoms with Gasteiger partial charge >= 0.3 is 5.97 Å². The zero-order chi connectivity index (χ0) is 13.3. The Kier molecular flexibility index (Phi) is 3.57. The fourth-order valence-electron chi connectivity index (χ4n) is 3.01. The van der Waals surface area contributed by atoms with Crippen LogP contribution in [0.3, 0.4) is 0 Å². The minimum absolute atomic E-state index is 0.624. The quantitative estimate of drug-likeness (QED) is 0.894. The molecule has 1 aromatic rings. The first-order valence-electron chi connectivity index (χ1n) is 7.21. The van der Waals surface area contributed by atoms with Gasteiger partial charge in [-0.1, -0.05) is 31.4 Å². The molecule has 2 aliphatic rings. The lowest BCUT2D eigenvalue weighted by molar-refractivity contribution is -0.145. The lowest BCUT2D eigenvalue weighted by atomic mass is 9.69. The van der Waals surface area contributed by atoms with E-state index in [-0.39, 0.29) is 0 Å². The van der Waals surface area contributed by atoms with Crippen LogP contribution in [0.25, 0.3) is 0 Å². The molecule has 0 amide bonds. The highest BCUT2D eigenvalue weighted by Gasteiger charge is 2.41. The first-order chi connectivity index (χ1) is 9.21. The minimum atomic E-state index is -0.644. The third kappa shape index (κ3) is 2.66. The average Bonchev–Trinajstić information content (AvgIpc) is 3.24. The highest BCUT2D eigenvalue weighted by Crippen LogP contribution is 2.42. The molecule has 1 N–H and O–H groups in total. The normalized spacial score (nSPS) is 22.1. The van der Waals surface area contributed by atoms with Crippen molar-refractivity contribution in [2.75, 3.05) is 0 Å². The molecule has 1 aromatic carbocycles. The van der Waals surface area contributed by atoms with Gasteiger partial charge in [-0.25, -0.2) is 0 Å². The number of thioether (sulfide) groups is 1. The first-order valence-corrected chi connectivity index (χ1v) is 8.09. The second-order valence-corrected chi connectivity index (χ2v) is 7.16. The van der Waals surface area contributed by atoms with Gasteiger partial charge in [0.15, 0.2) is 0 Å². The number of hydrogen-bond donors (Lipinski definition) is 1. The fraction of sp³-hybridized carbons (Fsp3) is 0.562. The van der Waals surface area contributed by atoms with Crippen molar-refractivity contribution < 1.29 is 9.90 Å². The van der Waals surface area contributed by atoms with Crippen LogP contribution in [0.1, 0.15) is 50.5 Å². The van der Waals surface area contributed by atoms with Crippen LogP contribution in [0.5, 0.6) is 0 Å². The van der Waals surface area contributed by atoms with Gasteiger partial charge in [-0.15, -0.1) is 11.8 Å². The van der Waals surface area contributed by atoms with Crippen molar-refractivity contribution in [2.45, 2.75) is 60.5 Å². The van der Waals surface area contributed by atoms with Crippen molar-refractivity contribution in [1.29, 1.82) is 0 Å². The summed E-state index contributed by atoms with van der Waals surface area (Å²) in [6, 6.07) is 8.31. The summed E-state index contributed by atoms with van der Waals surface area (Å²) in [4.78, 5) is 13.0. The van der Waals surface area contributed by atoms with Crippen molar-refractivity contribution in [1.82, 2.24) is 0 Å². The summed E-state index contributed by atoms with van der Waals surface area (Å²) >= 11 is 1.92. The molecule has 0 saturated heterocycles. The molecule has 0 unspecified atom stereocenters. The van der Waals surface area contributed by atoms with E-state index in [1.165, 1.54) is 24.2 Å². The van der Waals surface area contributed by atoms with E-state index >= 15 is 0 Å². The van der Waals surface area contributed by atoms with E-state index in [1.54, 1.807) is 0 Å². The SMILES string of the molecule is O=C(O)C1(c2ccc(SC3CC3)cc2)CCCCC1. The summed E-state index contributed by atoms with van der Waals surface area (Å²) in [5.41, 5.74) is 0.376. The summed E-state index contributed by atoms with van der Waals surface area (Å²) < 4.78 is 0. The number of carboxylic acids is 1. The first kappa shape index (κ1) is 13.0. The average molecular weight is 276 g/mol. The lowest BCUT2D eigenvalue weighted by Gasteiger charge is -2.33. The highest BCUT2D eigenvalue weighted by atomic mass is 32.2. The second-order valence-electron chi connectivity index (χ2n) is 5.79. The Morgan fingerprint density at radius 1 is 1.11 bits per heavy atom.